The van der Waals surface area contributed by atoms with Crippen LogP contribution in [0.5, 0.6) is 0 Å². The Kier molecular flexibility index (Phi) is 5.46. The monoisotopic (exact) mass is 385 g/mol. The van der Waals surface area contributed by atoms with Crippen molar-refractivity contribution in [2.24, 2.45) is 0 Å². The molecule has 0 radical (unpaired) electrons. The Morgan fingerprint density at radius 3 is 2.56 bits per heavy atom. The van der Waals surface area contributed by atoms with E-state index in [1.54, 1.807) is 41.3 Å². The van der Waals surface area contributed by atoms with E-state index in [9.17, 15) is 14.4 Å². The zero-order valence-electron chi connectivity index (χ0n) is 15.0. The molecule has 7 heteroatoms. The Morgan fingerprint density at radius 1 is 1.11 bits per heavy atom. The van der Waals surface area contributed by atoms with Crippen LogP contribution in [0.4, 0.5) is 5.69 Å². The van der Waals surface area contributed by atoms with Crippen LogP contribution in [0, 0.1) is 0 Å². The Labute approximate surface area is 162 Å². The third-order valence-corrected chi connectivity index (χ3v) is 4.57. The first kappa shape index (κ1) is 18.9. The number of anilines is 1. The number of nitrogens with zero attached hydrogens (tertiary/aromatic N) is 1. The number of nitrogens with one attached hydrogen (secondary N) is 2. The summed E-state index contributed by atoms with van der Waals surface area (Å²) in [5.74, 6) is -1.90. The van der Waals surface area contributed by atoms with Crippen LogP contribution in [0.15, 0.2) is 48.5 Å². The molecule has 1 heterocycles. The second-order valence-corrected chi connectivity index (χ2v) is 7.02. The standard InChI is InChI=1S/C20H20ClN3O3/c1-12(2)24-16-9-4-3-8-15(16)17(20(24)27)23-19(26)18(25)22-11-13-6-5-7-14(21)10-13/h3-10,12,17H,11H2,1-2H3,(H,22,25)(H,23,26)/t17-/m1/s1. The van der Waals surface area contributed by atoms with E-state index >= 15 is 0 Å². The number of carbonyl (C=O) groups is 3. The SMILES string of the molecule is CC(C)N1C(=O)[C@H](NC(=O)C(=O)NCc2cccc(Cl)c2)c2ccccc21. The number of amides is 3. The van der Waals surface area contributed by atoms with Crippen molar-refractivity contribution < 1.29 is 14.4 Å². The number of fused-ring (bicyclic) bond motifs is 1. The van der Waals surface area contributed by atoms with Gasteiger partial charge in [-0.2, -0.15) is 0 Å². The maximum absolute atomic E-state index is 12.7. The van der Waals surface area contributed by atoms with Gasteiger partial charge < -0.3 is 15.5 Å². The number of benzene rings is 2. The van der Waals surface area contributed by atoms with E-state index in [2.05, 4.69) is 10.6 Å². The number of carbonyl (C=O) groups excluding carboxylic acids is 3. The minimum Gasteiger partial charge on any atom is -0.344 e. The van der Waals surface area contributed by atoms with Crippen LogP contribution >= 0.6 is 11.6 Å². The summed E-state index contributed by atoms with van der Waals surface area (Å²) in [6, 6.07) is 13.3. The van der Waals surface area contributed by atoms with Gasteiger partial charge in [-0.3, -0.25) is 14.4 Å². The van der Waals surface area contributed by atoms with E-state index in [1.807, 2.05) is 26.0 Å². The van der Waals surface area contributed by atoms with Crippen LogP contribution in [0.25, 0.3) is 0 Å². The highest BCUT2D eigenvalue weighted by molar-refractivity contribution is 6.35. The molecule has 1 aliphatic rings. The molecule has 0 aromatic heterocycles. The van der Waals surface area contributed by atoms with E-state index in [0.29, 0.717) is 10.6 Å². The van der Waals surface area contributed by atoms with Gasteiger partial charge in [0.15, 0.2) is 0 Å². The van der Waals surface area contributed by atoms with Gasteiger partial charge in [0.25, 0.3) is 5.91 Å². The molecule has 0 saturated heterocycles. The lowest BCUT2D eigenvalue weighted by molar-refractivity contribution is -0.140. The number of hydrogen-bond acceptors (Lipinski definition) is 3. The van der Waals surface area contributed by atoms with Gasteiger partial charge in [0, 0.05) is 28.9 Å². The molecule has 0 unspecified atom stereocenters. The predicted octanol–water partition coefficient (Wildman–Crippen LogP) is 2.57. The molecular weight excluding hydrogens is 366 g/mol. The van der Waals surface area contributed by atoms with Gasteiger partial charge in [-0.25, -0.2) is 0 Å². The summed E-state index contributed by atoms with van der Waals surface area (Å²) in [7, 11) is 0. The van der Waals surface area contributed by atoms with Crippen LogP contribution in [0.1, 0.15) is 31.0 Å². The normalized spacial score (nSPS) is 15.6. The average Bonchev–Trinajstić information content (AvgIpc) is 2.91. The molecule has 1 aliphatic heterocycles. The van der Waals surface area contributed by atoms with Gasteiger partial charge in [-0.05, 0) is 37.6 Å². The fourth-order valence-electron chi connectivity index (χ4n) is 3.12. The Hall–Kier alpha value is -2.86. The molecule has 2 N–H and O–H groups in total. The molecule has 0 spiro atoms. The zero-order chi connectivity index (χ0) is 19.6. The van der Waals surface area contributed by atoms with Crippen molar-refractivity contribution in [2.75, 3.05) is 4.90 Å². The molecule has 0 fully saturated rings. The minimum atomic E-state index is -0.868. The number of halogens is 1. The Morgan fingerprint density at radius 2 is 1.85 bits per heavy atom. The average molecular weight is 386 g/mol. The van der Waals surface area contributed by atoms with Gasteiger partial charge in [0.05, 0.1) is 0 Å². The number of para-hydroxylation sites is 1. The first-order valence-electron chi connectivity index (χ1n) is 8.63. The molecule has 3 amide bonds. The van der Waals surface area contributed by atoms with Crippen molar-refractivity contribution in [2.45, 2.75) is 32.5 Å². The molecule has 6 nitrogen and oxygen atoms in total. The lowest BCUT2D eigenvalue weighted by Crippen LogP contribution is -2.45. The van der Waals surface area contributed by atoms with Crippen molar-refractivity contribution in [3.63, 3.8) is 0 Å². The molecule has 140 valence electrons. The summed E-state index contributed by atoms with van der Waals surface area (Å²) in [5.41, 5.74) is 2.21. The molecular formula is C20H20ClN3O3. The van der Waals surface area contributed by atoms with Crippen LogP contribution in [0.3, 0.4) is 0 Å². The highest BCUT2D eigenvalue weighted by Crippen LogP contribution is 2.36. The topological polar surface area (TPSA) is 78.5 Å². The molecule has 0 bridgehead atoms. The van der Waals surface area contributed by atoms with Crippen molar-refractivity contribution in [3.8, 4) is 0 Å². The number of rotatable bonds is 4. The van der Waals surface area contributed by atoms with Gasteiger partial charge >= 0.3 is 11.8 Å². The van der Waals surface area contributed by atoms with Crippen molar-refractivity contribution in [1.82, 2.24) is 10.6 Å². The summed E-state index contributed by atoms with van der Waals surface area (Å²) in [6.45, 7) is 3.97. The smallest absolute Gasteiger partial charge is 0.310 e. The summed E-state index contributed by atoms with van der Waals surface area (Å²) in [4.78, 5) is 38.8. The van der Waals surface area contributed by atoms with Crippen molar-refractivity contribution >= 4 is 35.0 Å². The summed E-state index contributed by atoms with van der Waals surface area (Å²) in [5, 5.41) is 5.64. The minimum absolute atomic E-state index is 0.0581. The lowest BCUT2D eigenvalue weighted by Gasteiger charge is -2.22. The van der Waals surface area contributed by atoms with E-state index in [4.69, 9.17) is 11.6 Å². The second kappa shape index (κ2) is 7.80. The van der Waals surface area contributed by atoms with E-state index in [1.165, 1.54) is 0 Å². The first-order valence-corrected chi connectivity index (χ1v) is 9.01. The summed E-state index contributed by atoms with van der Waals surface area (Å²) in [6.07, 6.45) is 0. The molecule has 2 aromatic rings. The summed E-state index contributed by atoms with van der Waals surface area (Å²) < 4.78 is 0. The Bertz CT molecular complexity index is 898. The van der Waals surface area contributed by atoms with E-state index in [0.717, 1.165) is 11.3 Å². The molecule has 0 aliphatic carbocycles. The highest BCUT2D eigenvalue weighted by Gasteiger charge is 2.39. The molecule has 0 saturated carbocycles. The van der Waals surface area contributed by atoms with Crippen LogP contribution < -0.4 is 15.5 Å². The maximum atomic E-state index is 12.7. The van der Waals surface area contributed by atoms with Crippen molar-refractivity contribution in [1.29, 1.82) is 0 Å². The lowest BCUT2D eigenvalue weighted by atomic mass is 10.1. The molecule has 27 heavy (non-hydrogen) atoms. The highest BCUT2D eigenvalue weighted by atomic mass is 35.5. The van der Waals surface area contributed by atoms with Crippen LogP contribution in [0.2, 0.25) is 5.02 Å². The quantitative estimate of drug-likeness (QED) is 0.794. The van der Waals surface area contributed by atoms with Gasteiger partial charge in [-0.1, -0.05) is 41.9 Å². The Balaban J connectivity index is 1.68. The fraction of sp³-hybridized carbons (Fsp3) is 0.250. The first-order chi connectivity index (χ1) is 12.9. The van der Waals surface area contributed by atoms with E-state index in [-0.39, 0.29) is 18.5 Å². The molecule has 2 aromatic carbocycles. The third-order valence-electron chi connectivity index (χ3n) is 4.33. The van der Waals surface area contributed by atoms with Crippen LogP contribution in [-0.4, -0.2) is 23.8 Å². The molecule has 1 atom stereocenters. The third kappa shape index (κ3) is 3.95. The van der Waals surface area contributed by atoms with Crippen LogP contribution in [-0.2, 0) is 20.9 Å². The molecule has 3 rings (SSSR count). The fourth-order valence-corrected chi connectivity index (χ4v) is 3.33. The van der Waals surface area contributed by atoms with Gasteiger partial charge in [-0.15, -0.1) is 0 Å². The summed E-state index contributed by atoms with van der Waals surface area (Å²) >= 11 is 5.91. The van der Waals surface area contributed by atoms with Gasteiger partial charge in [0.2, 0.25) is 0 Å². The van der Waals surface area contributed by atoms with E-state index < -0.39 is 17.9 Å². The second-order valence-electron chi connectivity index (χ2n) is 6.58. The van der Waals surface area contributed by atoms with Crippen molar-refractivity contribution in [3.05, 3.63) is 64.7 Å². The van der Waals surface area contributed by atoms with Gasteiger partial charge in [0.1, 0.15) is 6.04 Å². The predicted molar refractivity (Wildman–Crippen MR) is 103 cm³/mol. The number of hydrogen-bond donors (Lipinski definition) is 2. The largest absolute Gasteiger partial charge is 0.344 e. The zero-order valence-corrected chi connectivity index (χ0v) is 15.8. The maximum Gasteiger partial charge on any atom is 0.310 e.